The molecule has 0 unspecified atom stereocenters. The Morgan fingerprint density at radius 1 is 1.33 bits per heavy atom. The van der Waals surface area contributed by atoms with E-state index in [2.05, 4.69) is 10.4 Å². The lowest BCUT2D eigenvalue weighted by Crippen LogP contribution is -2.25. The number of anilines is 1. The number of nitro groups is 1. The van der Waals surface area contributed by atoms with Crippen molar-refractivity contribution >= 4 is 33.9 Å². The van der Waals surface area contributed by atoms with Crippen LogP contribution in [0.4, 0.5) is 10.7 Å². The molecule has 9 nitrogen and oxygen atoms in total. The molecule has 2 rings (SSSR count). The highest BCUT2D eigenvalue weighted by molar-refractivity contribution is 7.16. The molecule has 0 aliphatic heterocycles. The zero-order valence-corrected chi connectivity index (χ0v) is 16.9. The summed E-state index contributed by atoms with van der Waals surface area (Å²) in [6.45, 7) is 10.3. The maximum atomic E-state index is 12.7. The first-order valence-electron chi connectivity index (χ1n) is 8.38. The Labute approximate surface area is 160 Å². The normalized spacial score (nSPS) is 11.9. The number of aromatic nitrogens is 2. The van der Waals surface area contributed by atoms with E-state index in [0.717, 1.165) is 10.4 Å². The van der Waals surface area contributed by atoms with Crippen LogP contribution in [0.1, 0.15) is 52.1 Å². The molecule has 0 aromatic carbocycles. The number of carbonyl (C=O) groups is 2. The number of ether oxygens (including phenoxy) is 1. The smallest absolute Gasteiger partial charge is 0.341 e. The molecular weight excluding hydrogens is 372 g/mol. The van der Waals surface area contributed by atoms with Crippen molar-refractivity contribution in [1.82, 2.24) is 9.78 Å². The number of aryl methyl sites for hydroxylation is 2. The largest absolute Gasteiger partial charge is 0.462 e. The summed E-state index contributed by atoms with van der Waals surface area (Å²) in [4.78, 5) is 36.5. The molecule has 10 heteroatoms. The Morgan fingerprint density at radius 3 is 2.48 bits per heavy atom. The van der Waals surface area contributed by atoms with Gasteiger partial charge in [0.15, 0.2) is 0 Å². The molecule has 0 saturated heterocycles. The molecule has 0 aliphatic carbocycles. The van der Waals surface area contributed by atoms with Crippen molar-refractivity contribution < 1.29 is 19.2 Å². The Bertz CT molecular complexity index is 915. The average Bonchev–Trinajstić information content (AvgIpc) is 3.02. The van der Waals surface area contributed by atoms with Gasteiger partial charge in [-0.2, -0.15) is 5.10 Å². The predicted molar refractivity (Wildman–Crippen MR) is 101 cm³/mol. The fourth-order valence-corrected chi connectivity index (χ4v) is 3.84. The molecule has 0 aliphatic rings. The summed E-state index contributed by atoms with van der Waals surface area (Å²) in [5.74, 6) is -0.925. The number of nitrogens with one attached hydrogen (secondary N) is 1. The van der Waals surface area contributed by atoms with E-state index in [1.807, 2.05) is 6.92 Å². The number of esters is 1. The average molecular weight is 394 g/mol. The first-order valence-corrected chi connectivity index (χ1v) is 9.19. The van der Waals surface area contributed by atoms with Crippen LogP contribution in [-0.4, -0.2) is 33.2 Å². The SMILES string of the molecule is CCOC(=O)c1c(NC(=O)[C@H](C)n2nc(C)c([N+](=O)[O-])c2C)sc(C)c1C. The summed E-state index contributed by atoms with van der Waals surface area (Å²) in [5.41, 5.74) is 1.52. The Hall–Kier alpha value is -2.75. The summed E-state index contributed by atoms with van der Waals surface area (Å²) in [6.07, 6.45) is 0. The van der Waals surface area contributed by atoms with Crippen molar-refractivity contribution in [2.75, 3.05) is 11.9 Å². The third kappa shape index (κ3) is 3.85. The van der Waals surface area contributed by atoms with Gasteiger partial charge in [0.1, 0.15) is 22.4 Å². The van der Waals surface area contributed by atoms with Gasteiger partial charge in [0.2, 0.25) is 5.91 Å². The van der Waals surface area contributed by atoms with E-state index in [0.29, 0.717) is 16.3 Å². The standard InChI is InChI=1S/C17H22N4O5S/c1-7-26-17(23)13-8(2)12(6)27-16(13)18-15(22)11(5)20-10(4)14(21(24)25)9(3)19-20/h11H,7H2,1-6H3,(H,18,22)/t11-/m0/s1. The summed E-state index contributed by atoms with van der Waals surface area (Å²) in [7, 11) is 0. The number of nitrogens with zero attached hydrogens (tertiary/aromatic N) is 3. The van der Waals surface area contributed by atoms with Crippen LogP contribution in [0.5, 0.6) is 0 Å². The van der Waals surface area contributed by atoms with Crippen LogP contribution in [0.15, 0.2) is 0 Å². The third-order valence-electron chi connectivity index (χ3n) is 4.32. The van der Waals surface area contributed by atoms with E-state index in [9.17, 15) is 19.7 Å². The van der Waals surface area contributed by atoms with Gasteiger partial charge in [-0.05, 0) is 47.1 Å². The van der Waals surface area contributed by atoms with Crippen LogP contribution < -0.4 is 5.32 Å². The van der Waals surface area contributed by atoms with Crippen LogP contribution in [0.25, 0.3) is 0 Å². The molecular formula is C17H22N4O5S. The van der Waals surface area contributed by atoms with Crippen LogP contribution >= 0.6 is 11.3 Å². The van der Waals surface area contributed by atoms with E-state index >= 15 is 0 Å². The van der Waals surface area contributed by atoms with Crippen molar-refractivity contribution in [3.63, 3.8) is 0 Å². The molecule has 2 heterocycles. The van der Waals surface area contributed by atoms with Crippen molar-refractivity contribution in [1.29, 1.82) is 0 Å². The molecule has 1 amide bonds. The molecule has 146 valence electrons. The molecule has 1 N–H and O–H groups in total. The van der Waals surface area contributed by atoms with Gasteiger partial charge in [-0.1, -0.05) is 0 Å². The highest BCUT2D eigenvalue weighted by atomic mass is 32.1. The number of carbonyl (C=O) groups excluding carboxylic acids is 2. The number of rotatable bonds is 6. The minimum Gasteiger partial charge on any atom is -0.462 e. The van der Waals surface area contributed by atoms with Gasteiger partial charge in [-0.25, -0.2) is 4.79 Å². The van der Waals surface area contributed by atoms with Gasteiger partial charge in [0.25, 0.3) is 0 Å². The van der Waals surface area contributed by atoms with Crippen LogP contribution in [0, 0.1) is 37.8 Å². The summed E-state index contributed by atoms with van der Waals surface area (Å²) in [6, 6.07) is -0.796. The maximum Gasteiger partial charge on any atom is 0.341 e. The van der Waals surface area contributed by atoms with Gasteiger partial charge in [0, 0.05) is 4.88 Å². The molecule has 0 spiro atoms. The fraction of sp³-hybridized carbons (Fsp3) is 0.471. The van der Waals surface area contributed by atoms with E-state index in [4.69, 9.17) is 4.74 Å². The highest BCUT2D eigenvalue weighted by Gasteiger charge is 2.29. The number of thiophene rings is 1. The second kappa shape index (κ2) is 7.87. The van der Waals surface area contributed by atoms with Gasteiger partial charge < -0.3 is 10.1 Å². The molecule has 0 radical (unpaired) electrons. The van der Waals surface area contributed by atoms with Crippen molar-refractivity contribution in [3.05, 3.63) is 37.5 Å². The maximum absolute atomic E-state index is 12.7. The number of amides is 1. The third-order valence-corrected chi connectivity index (χ3v) is 5.44. The number of hydrogen-bond donors (Lipinski definition) is 1. The lowest BCUT2D eigenvalue weighted by atomic mass is 10.1. The molecule has 2 aromatic rings. The summed E-state index contributed by atoms with van der Waals surface area (Å²) in [5, 5.41) is 18.4. The minimum atomic E-state index is -0.796. The zero-order valence-electron chi connectivity index (χ0n) is 16.1. The molecule has 27 heavy (non-hydrogen) atoms. The van der Waals surface area contributed by atoms with Crippen LogP contribution in [0.2, 0.25) is 0 Å². The molecule has 1 atom stereocenters. The second-order valence-electron chi connectivity index (χ2n) is 6.09. The highest BCUT2D eigenvalue weighted by Crippen LogP contribution is 2.34. The first kappa shape index (κ1) is 20.6. The molecule has 0 saturated carbocycles. The minimum absolute atomic E-state index is 0.107. The van der Waals surface area contributed by atoms with E-state index < -0.39 is 22.8 Å². The van der Waals surface area contributed by atoms with E-state index in [1.54, 1.807) is 27.7 Å². The first-order chi connectivity index (χ1) is 12.6. The van der Waals surface area contributed by atoms with Crippen molar-refractivity contribution in [2.45, 2.75) is 47.6 Å². The Morgan fingerprint density at radius 2 is 1.96 bits per heavy atom. The lowest BCUT2D eigenvalue weighted by Gasteiger charge is -2.14. The van der Waals surface area contributed by atoms with Gasteiger partial charge in [0.05, 0.1) is 17.1 Å². The molecule has 2 aromatic heterocycles. The van der Waals surface area contributed by atoms with Crippen molar-refractivity contribution in [2.24, 2.45) is 0 Å². The predicted octanol–water partition coefficient (Wildman–Crippen LogP) is 3.46. The quantitative estimate of drug-likeness (QED) is 0.455. The van der Waals surface area contributed by atoms with E-state index in [-0.39, 0.29) is 18.0 Å². The Kier molecular flexibility index (Phi) is 5.99. The fourth-order valence-electron chi connectivity index (χ4n) is 2.79. The molecule has 0 bridgehead atoms. The monoisotopic (exact) mass is 394 g/mol. The second-order valence-corrected chi connectivity index (χ2v) is 7.32. The van der Waals surface area contributed by atoms with Crippen molar-refractivity contribution in [3.8, 4) is 0 Å². The Balaban J connectivity index is 2.33. The lowest BCUT2D eigenvalue weighted by molar-refractivity contribution is -0.386. The summed E-state index contributed by atoms with van der Waals surface area (Å²) >= 11 is 1.28. The molecule has 0 fully saturated rings. The van der Waals surface area contributed by atoms with E-state index in [1.165, 1.54) is 22.9 Å². The topological polar surface area (TPSA) is 116 Å². The number of hydrogen-bond acceptors (Lipinski definition) is 7. The van der Waals surface area contributed by atoms with Crippen LogP contribution in [0.3, 0.4) is 0 Å². The van der Waals surface area contributed by atoms with Gasteiger partial charge in [-0.15, -0.1) is 11.3 Å². The summed E-state index contributed by atoms with van der Waals surface area (Å²) < 4.78 is 6.40. The van der Waals surface area contributed by atoms with Crippen LogP contribution in [-0.2, 0) is 9.53 Å². The van der Waals surface area contributed by atoms with Gasteiger partial charge >= 0.3 is 11.7 Å². The zero-order chi connectivity index (χ0) is 20.5. The van der Waals surface area contributed by atoms with Gasteiger partial charge in [-0.3, -0.25) is 19.6 Å².